The lowest BCUT2D eigenvalue weighted by Gasteiger charge is -1.96. The minimum absolute atomic E-state index is 0.0808. The minimum atomic E-state index is -0.703. The number of phenols is 1. The summed E-state index contributed by atoms with van der Waals surface area (Å²) in [6.07, 6.45) is -0.0808. The van der Waals surface area contributed by atoms with Crippen LogP contribution < -0.4 is 0 Å². The van der Waals surface area contributed by atoms with E-state index in [2.05, 4.69) is 16.6 Å². The Kier molecular flexibility index (Phi) is 4.69. The summed E-state index contributed by atoms with van der Waals surface area (Å²) in [5, 5.41) is 19.8. The van der Waals surface area contributed by atoms with Gasteiger partial charge in [-0.15, -0.1) is 0 Å². The summed E-state index contributed by atoms with van der Waals surface area (Å²) in [5.41, 5.74) is -0.0678. The van der Waals surface area contributed by atoms with Gasteiger partial charge in [0.15, 0.2) is 5.75 Å². The van der Waals surface area contributed by atoms with Crippen molar-refractivity contribution in [3.8, 4) is 17.6 Å². The zero-order chi connectivity index (χ0) is 13.5. The Balaban J connectivity index is 2.80. The van der Waals surface area contributed by atoms with Crippen LogP contribution in [0.1, 0.15) is 18.9 Å². The Labute approximate surface area is 103 Å². The van der Waals surface area contributed by atoms with Crippen LogP contribution in [0.25, 0.3) is 0 Å². The summed E-state index contributed by atoms with van der Waals surface area (Å²) in [5.74, 6) is 4.27. The van der Waals surface area contributed by atoms with E-state index in [4.69, 9.17) is 0 Å². The summed E-state index contributed by atoms with van der Waals surface area (Å²) < 4.78 is 4.67. The lowest BCUT2D eigenvalue weighted by molar-refractivity contribution is -0.385. The largest absolute Gasteiger partial charge is 0.502 e. The molecule has 6 nitrogen and oxygen atoms in total. The fourth-order valence-electron chi connectivity index (χ4n) is 1.18. The van der Waals surface area contributed by atoms with Crippen LogP contribution in [-0.2, 0) is 9.53 Å². The summed E-state index contributed by atoms with van der Waals surface area (Å²) in [6.45, 7) is 1.97. The topological polar surface area (TPSA) is 89.7 Å². The molecule has 18 heavy (non-hydrogen) atoms. The number of nitro groups is 1. The molecule has 1 N–H and O–H groups in total. The Hall–Kier alpha value is -2.55. The highest BCUT2D eigenvalue weighted by Gasteiger charge is 2.12. The van der Waals surface area contributed by atoms with Crippen LogP contribution >= 0.6 is 0 Å². The fourth-order valence-corrected chi connectivity index (χ4v) is 1.18. The highest BCUT2D eigenvalue weighted by Crippen LogP contribution is 2.25. The molecule has 1 aromatic carbocycles. The molecule has 0 heterocycles. The van der Waals surface area contributed by atoms with E-state index in [0.29, 0.717) is 5.56 Å². The molecule has 0 saturated heterocycles. The second-order valence-corrected chi connectivity index (χ2v) is 3.24. The maximum atomic E-state index is 11.0. The number of phenolic OH excluding ortho intramolecular Hbond substituents is 1. The lowest BCUT2D eigenvalue weighted by atomic mass is 10.2. The number of carbonyl (C=O) groups is 1. The van der Waals surface area contributed by atoms with Crippen molar-refractivity contribution in [1.29, 1.82) is 0 Å². The van der Waals surface area contributed by atoms with Crippen LogP contribution in [0.2, 0.25) is 0 Å². The SMILES string of the molecule is CCOC(=O)CC#Cc1ccc(O)c([N+](=O)[O-])c1. The second kappa shape index (κ2) is 6.25. The molecule has 6 heteroatoms. The predicted octanol–water partition coefficient (Wildman–Crippen LogP) is 1.61. The first-order valence-corrected chi connectivity index (χ1v) is 5.16. The van der Waals surface area contributed by atoms with Crippen molar-refractivity contribution in [2.45, 2.75) is 13.3 Å². The predicted molar refractivity (Wildman–Crippen MR) is 62.9 cm³/mol. The van der Waals surface area contributed by atoms with Gasteiger partial charge in [0.05, 0.1) is 11.5 Å². The first kappa shape index (κ1) is 13.5. The Morgan fingerprint density at radius 1 is 1.56 bits per heavy atom. The minimum Gasteiger partial charge on any atom is -0.502 e. The molecule has 0 amide bonds. The average Bonchev–Trinajstić information content (AvgIpc) is 2.31. The van der Waals surface area contributed by atoms with E-state index < -0.39 is 22.3 Å². The molecular formula is C12H11NO5. The molecule has 0 atom stereocenters. The van der Waals surface area contributed by atoms with Crippen molar-refractivity contribution in [3.63, 3.8) is 0 Å². The molecule has 1 aromatic rings. The Morgan fingerprint density at radius 2 is 2.28 bits per heavy atom. The van der Waals surface area contributed by atoms with Gasteiger partial charge in [-0.1, -0.05) is 11.8 Å². The van der Waals surface area contributed by atoms with Crippen molar-refractivity contribution < 1.29 is 19.6 Å². The van der Waals surface area contributed by atoms with E-state index >= 15 is 0 Å². The average molecular weight is 249 g/mol. The molecule has 0 spiro atoms. The van der Waals surface area contributed by atoms with Gasteiger partial charge < -0.3 is 9.84 Å². The van der Waals surface area contributed by atoms with Crippen molar-refractivity contribution >= 4 is 11.7 Å². The highest BCUT2D eigenvalue weighted by molar-refractivity contribution is 5.72. The molecule has 0 aliphatic rings. The van der Waals surface area contributed by atoms with Gasteiger partial charge in [0.2, 0.25) is 0 Å². The zero-order valence-corrected chi connectivity index (χ0v) is 9.67. The first-order chi connectivity index (χ1) is 8.54. The number of ether oxygens (including phenoxy) is 1. The van der Waals surface area contributed by atoms with E-state index in [1.54, 1.807) is 6.92 Å². The summed E-state index contributed by atoms with van der Waals surface area (Å²) >= 11 is 0. The van der Waals surface area contributed by atoms with Gasteiger partial charge in [-0.3, -0.25) is 14.9 Å². The monoisotopic (exact) mass is 249 g/mol. The molecule has 0 saturated carbocycles. The molecule has 0 radical (unpaired) electrons. The number of benzene rings is 1. The van der Waals surface area contributed by atoms with Crippen LogP contribution in [0.4, 0.5) is 5.69 Å². The standard InChI is InChI=1S/C12H11NO5/c1-2-18-12(15)5-3-4-9-6-7-11(14)10(8-9)13(16)17/h6-8,14H,2,5H2,1H3. The number of nitrogens with zero attached hydrogens (tertiary/aromatic N) is 1. The molecule has 0 aliphatic carbocycles. The van der Waals surface area contributed by atoms with Crippen LogP contribution in [0.3, 0.4) is 0 Å². The van der Waals surface area contributed by atoms with Crippen LogP contribution in [0, 0.1) is 22.0 Å². The molecule has 0 unspecified atom stereocenters. The fraction of sp³-hybridized carbons (Fsp3) is 0.250. The number of nitro benzene ring substituents is 1. The number of aromatic hydroxyl groups is 1. The van der Waals surface area contributed by atoms with Crippen molar-refractivity contribution in [2.24, 2.45) is 0 Å². The van der Waals surface area contributed by atoms with Crippen LogP contribution in [0.15, 0.2) is 18.2 Å². The molecule has 0 fully saturated rings. The van der Waals surface area contributed by atoms with Gasteiger partial charge in [-0.25, -0.2) is 0 Å². The van der Waals surface area contributed by atoms with E-state index in [1.807, 2.05) is 0 Å². The third-order valence-corrected chi connectivity index (χ3v) is 1.94. The second-order valence-electron chi connectivity index (χ2n) is 3.24. The normalized spacial score (nSPS) is 9.17. The third kappa shape index (κ3) is 3.79. The molecule has 0 bridgehead atoms. The molecule has 94 valence electrons. The number of hydrogen-bond donors (Lipinski definition) is 1. The molecule has 1 rings (SSSR count). The first-order valence-electron chi connectivity index (χ1n) is 5.16. The van der Waals surface area contributed by atoms with Crippen LogP contribution in [-0.4, -0.2) is 22.6 Å². The molecule has 0 aliphatic heterocycles. The van der Waals surface area contributed by atoms with Gasteiger partial charge in [-0.2, -0.15) is 0 Å². The maximum absolute atomic E-state index is 11.0. The summed E-state index contributed by atoms with van der Waals surface area (Å²) in [6, 6.07) is 3.76. The van der Waals surface area contributed by atoms with E-state index in [-0.39, 0.29) is 13.0 Å². The van der Waals surface area contributed by atoms with Gasteiger partial charge >= 0.3 is 11.7 Å². The quantitative estimate of drug-likeness (QED) is 0.380. The van der Waals surface area contributed by atoms with Gasteiger partial charge in [0.25, 0.3) is 0 Å². The van der Waals surface area contributed by atoms with Crippen molar-refractivity contribution in [2.75, 3.05) is 6.61 Å². The van der Waals surface area contributed by atoms with E-state index in [0.717, 1.165) is 6.07 Å². The van der Waals surface area contributed by atoms with Crippen LogP contribution in [0.5, 0.6) is 5.75 Å². The zero-order valence-electron chi connectivity index (χ0n) is 9.67. The van der Waals surface area contributed by atoms with Crippen molar-refractivity contribution in [3.05, 3.63) is 33.9 Å². The van der Waals surface area contributed by atoms with Gasteiger partial charge in [-0.05, 0) is 19.1 Å². The van der Waals surface area contributed by atoms with E-state index in [9.17, 15) is 20.0 Å². The Morgan fingerprint density at radius 3 is 2.89 bits per heavy atom. The van der Waals surface area contributed by atoms with Gasteiger partial charge in [0, 0.05) is 11.6 Å². The molecule has 0 aromatic heterocycles. The lowest BCUT2D eigenvalue weighted by Crippen LogP contribution is -2.01. The maximum Gasteiger partial charge on any atom is 0.317 e. The summed E-state index contributed by atoms with van der Waals surface area (Å²) in [4.78, 5) is 20.9. The summed E-state index contributed by atoms with van der Waals surface area (Å²) in [7, 11) is 0. The number of carbonyl (C=O) groups excluding carboxylic acids is 1. The number of hydrogen-bond acceptors (Lipinski definition) is 5. The number of esters is 1. The number of rotatable bonds is 3. The third-order valence-electron chi connectivity index (χ3n) is 1.94. The molecular weight excluding hydrogens is 238 g/mol. The van der Waals surface area contributed by atoms with E-state index in [1.165, 1.54) is 12.1 Å². The Bertz CT molecular complexity index is 527. The smallest absolute Gasteiger partial charge is 0.317 e. The van der Waals surface area contributed by atoms with Crippen molar-refractivity contribution in [1.82, 2.24) is 0 Å². The van der Waals surface area contributed by atoms with Gasteiger partial charge in [0.1, 0.15) is 6.42 Å². The highest BCUT2D eigenvalue weighted by atomic mass is 16.6.